The van der Waals surface area contributed by atoms with Gasteiger partial charge in [-0.05, 0) is 48.9 Å². The fraction of sp³-hybridized carbons (Fsp3) is 0.286. The molecule has 0 aliphatic carbocycles. The van der Waals surface area contributed by atoms with Crippen LogP contribution in [-0.2, 0) is 4.79 Å². The summed E-state index contributed by atoms with van der Waals surface area (Å²) in [4.78, 5) is 16.9. The molecule has 1 aromatic heterocycles. The van der Waals surface area contributed by atoms with E-state index in [9.17, 15) is 4.79 Å². The maximum atomic E-state index is 12.7. The summed E-state index contributed by atoms with van der Waals surface area (Å²) in [6.07, 6.45) is 0. The van der Waals surface area contributed by atoms with Crippen LogP contribution in [0.3, 0.4) is 0 Å². The van der Waals surface area contributed by atoms with Gasteiger partial charge in [0.2, 0.25) is 11.1 Å². The van der Waals surface area contributed by atoms with Crippen molar-refractivity contribution in [2.24, 2.45) is 0 Å². The number of anilines is 1. The third kappa shape index (κ3) is 4.55. The average Bonchev–Trinajstić information content (AvgIpc) is 3.13. The van der Waals surface area contributed by atoms with Crippen LogP contribution >= 0.6 is 23.4 Å². The molecule has 0 unspecified atom stereocenters. The van der Waals surface area contributed by atoms with Crippen molar-refractivity contribution in [3.63, 3.8) is 0 Å². The Bertz CT molecular complexity index is 1030. The molecule has 1 saturated heterocycles. The van der Waals surface area contributed by atoms with Gasteiger partial charge in [0, 0.05) is 42.5 Å². The molecule has 30 heavy (non-hydrogen) atoms. The number of benzene rings is 2. The predicted molar refractivity (Wildman–Crippen MR) is 121 cm³/mol. The first-order chi connectivity index (χ1) is 14.5. The van der Waals surface area contributed by atoms with Gasteiger partial charge in [0.15, 0.2) is 5.82 Å². The summed E-state index contributed by atoms with van der Waals surface area (Å²) in [6, 6.07) is 15.7. The molecule has 3 aromatic rings. The van der Waals surface area contributed by atoms with E-state index in [1.165, 1.54) is 27.7 Å². The van der Waals surface area contributed by atoms with Crippen LogP contribution in [0.1, 0.15) is 5.56 Å². The molecule has 0 radical (unpaired) electrons. The molecule has 2 aromatic carbocycles. The first-order valence-electron chi connectivity index (χ1n) is 9.70. The Balaban J connectivity index is 1.32. The third-order valence-corrected chi connectivity index (χ3v) is 6.27. The molecule has 2 heterocycles. The lowest BCUT2D eigenvalue weighted by Crippen LogP contribution is -2.49. The molecule has 1 aliphatic heterocycles. The molecule has 7 nitrogen and oxygen atoms in total. The molecular formula is C21H23ClN6OS. The second-order valence-electron chi connectivity index (χ2n) is 7.18. The molecule has 0 saturated carbocycles. The zero-order chi connectivity index (χ0) is 21.1. The number of halogens is 1. The van der Waals surface area contributed by atoms with Crippen LogP contribution in [0.4, 0.5) is 5.69 Å². The molecule has 1 fully saturated rings. The van der Waals surface area contributed by atoms with Crippen LogP contribution in [0.15, 0.2) is 53.7 Å². The molecule has 156 valence electrons. The number of nitrogen functional groups attached to an aromatic ring is 1. The number of hydrogen-bond acceptors (Lipinski definition) is 6. The highest BCUT2D eigenvalue weighted by molar-refractivity contribution is 7.99. The normalized spacial score (nSPS) is 14.2. The zero-order valence-electron chi connectivity index (χ0n) is 16.7. The average molecular weight is 443 g/mol. The van der Waals surface area contributed by atoms with E-state index >= 15 is 0 Å². The number of nitrogens with two attached hydrogens (primary N) is 1. The van der Waals surface area contributed by atoms with Gasteiger partial charge < -0.3 is 15.6 Å². The number of hydrogen-bond donors (Lipinski definition) is 1. The van der Waals surface area contributed by atoms with Crippen LogP contribution < -0.4 is 10.7 Å². The highest BCUT2D eigenvalue weighted by Crippen LogP contribution is 2.24. The van der Waals surface area contributed by atoms with Crippen LogP contribution in [-0.4, -0.2) is 57.6 Å². The summed E-state index contributed by atoms with van der Waals surface area (Å²) in [7, 11) is 0. The lowest BCUT2D eigenvalue weighted by Gasteiger charge is -2.36. The number of aromatic nitrogens is 3. The van der Waals surface area contributed by atoms with Gasteiger partial charge in [-0.3, -0.25) is 4.79 Å². The van der Waals surface area contributed by atoms with Crippen molar-refractivity contribution < 1.29 is 4.79 Å². The van der Waals surface area contributed by atoms with Crippen LogP contribution in [0, 0.1) is 6.92 Å². The summed E-state index contributed by atoms with van der Waals surface area (Å²) in [5.41, 5.74) is 3.27. The molecule has 0 spiro atoms. The predicted octanol–water partition coefficient (Wildman–Crippen LogP) is 3.06. The van der Waals surface area contributed by atoms with Gasteiger partial charge >= 0.3 is 0 Å². The quantitative estimate of drug-likeness (QED) is 0.483. The van der Waals surface area contributed by atoms with E-state index in [1.807, 2.05) is 17.0 Å². The third-order valence-electron chi connectivity index (χ3n) is 5.09. The van der Waals surface area contributed by atoms with Crippen molar-refractivity contribution in [1.82, 2.24) is 19.8 Å². The van der Waals surface area contributed by atoms with E-state index in [0.717, 1.165) is 18.7 Å². The summed E-state index contributed by atoms with van der Waals surface area (Å²) in [5, 5.41) is 9.43. The largest absolute Gasteiger partial charge is 0.368 e. The van der Waals surface area contributed by atoms with Crippen molar-refractivity contribution >= 4 is 35.0 Å². The minimum atomic E-state index is 0.0833. The number of amides is 1. The van der Waals surface area contributed by atoms with E-state index in [1.54, 1.807) is 12.1 Å². The second kappa shape index (κ2) is 8.97. The van der Waals surface area contributed by atoms with Gasteiger partial charge in [-0.1, -0.05) is 35.5 Å². The van der Waals surface area contributed by atoms with Crippen LogP contribution in [0.2, 0.25) is 5.02 Å². The lowest BCUT2D eigenvalue weighted by atomic mass is 10.2. The zero-order valence-corrected chi connectivity index (χ0v) is 18.2. The Hall–Kier alpha value is -2.71. The standard InChI is InChI=1S/C21H23ClN6OS/c1-15-3-2-4-18(13-15)26-9-11-27(12-10-26)19(29)14-30-21-25-24-20(28(21)23)16-5-7-17(22)8-6-16/h2-8,13H,9-12,14,23H2,1H3. The number of carbonyl (C=O) groups is 1. The van der Waals surface area contributed by atoms with Gasteiger partial charge in [-0.25, -0.2) is 4.68 Å². The number of rotatable bonds is 5. The first kappa shape index (κ1) is 20.6. The lowest BCUT2D eigenvalue weighted by molar-refractivity contribution is -0.128. The highest BCUT2D eigenvalue weighted by Gasteiger charge is 2.22. The minimum absolute atomic E-state index is 0.0833. The Labute approximate surface area is 184 Å². The van der Waals surface area contributed by atoms with Crippen molar-refractivity contribution in [1.29, 1.82) is 0 Å². The smallest absolute Gasteiger partial charge is 0.233 e. The second-order valence-corrected chi connectivity index (χ2v) is 8.56. The van der Waals surface area contributed by atoms with Crippen LogP contribution in [0.5, 0.6) is 0 Å². The van der Waals surface area contributed by atoms with Crippen molar-refractivity contribution in [2.45, 2.75) is 12.1 Å². The number of aryl methyl sites for hydroxylation is 1. The highest BCUT2D eigenvalue weighted by atomic mass is 35.5. The first-order valence-corrected chi connectivity index (χ1v) is 11.1. The van der Waals surface area contributed by atoms with E-state index in [-0.39, 0.29) is 11.7 Å². The molecule has 0 bridgehead atoms. The summed E-state index contributed by atoms with van der Waals surface area (Å²) < 4.78 is 1.41. The van der Waals surface area contributed by atoms with Gasteiger partial charge in [-0.2, -0.15) is 0 Å². The number of nitrogens with zero attached hydrogens (tertiary/aromatic N) is 5. The molecule has 0 atom stereocenters. The maximum Gasteiger partial charge on any atom is 0.233 e. The molecule has 1 amide bonds. The Kier molecular flexibility index (Phi) is 6.15. The van der Waals surface area contributed by atoms with Crippen molar-refractivity contribution in [2.75, 3.05) is 42.7 Å². The Morgan fingerprint density at radius 3 is 2.53 bits per heavy atom. The SMILES string of the molecule is Cc1cccc(N2CCN(C(=O)CSc3nnc(-c4ccc(Cl)cc4)n3N)CC2)c1. The van der Waals surface area contributed by atoms with E-state index < -0.39 is 0 Å². The summed E-state index contributed by atoms with van der Waals surface area (Å²) in [6.45, 7) is 5.16. The Morgan fingerprint density at radius 1 is 1.10 bits per heavy atom. The fourth-order valence-corrected chi connectivity index (χ4v) is 4.31. The van der Waals surface area contributed by atoms with E-state index in [4.69, 9.17) is 17.4 Å². The van der Waals surface area contributed by atoms with Gasteiger partial charge in [0.25, 0.3) is 0 Å². The van der Waals surface area contributed by atoms with E-state index in [2.05, 4.69) is 46.3 Å². The monoisotopic (exact) mass is 442 g/mol. The van der Waals surface area contributed by atoms with Crippen LogP contribution in [0.25, 0.3) is 11.4 Å². The number of carbonyl (C=O) groups excluding carboxylic acids is 1. The molecule has 2 N–H and O–H groups in total. The van der Waals surface area contributed by atoms with Crippen molar-refractivity contribution in [3.05, 3.63) is 59.1 Å². The Morgan fingerprint density at radius 2 is 1.83 bits per heavy atom. The van der Waals surface area contributed by atoms with Gasteiger partial charge in [-0.15, -0.1) is 10.2 Å². The summed E-state index contributed by atoms with van der Waals surface area (Å²) in [5.74, 6) is 7.04. The molecule has 4 rings (SSSR count). The van der Waals surface area contributed by atoms with E-state index in [0.29, 0.717) is 29.1 Å². The van der Waals surface area contributed by atoms with Gasteiger partial charge in [0.05, 0.1) is 5.75 Å². The van der Waals surface area contributed by atoms with Gasteiger partial charge in [0.1, 0.15) is 0 Å². The van der Waals surface area contributed by atoms with Crippen molar-refractivity contribution in [3.8, 4) is 11.4 Å². The number of thioether (sulfide) groups is 1. The molecular weight excluding hydrogens is 420 g/mol. The summed E-state index contributed by atoms with van der Waals surface area (Å²) >= 11 is 7.23. The maximum absolute atomic E-state index is 12.7. The number of piperazine rings is 1. The topological polar surface area (TPSA) is 80.3 Å². The molecule has 9 heteroatoms. The molecule has 1 aliphatic rings. The minimum Gasteiger partial charge on any atom is -0.368 e. The fourth-order valence-electron chi connectivity index (χ4n) is 3.43.